The molecular weight excluding hydrogens is 1050 g/mol. The first-order chi connectivity index (χ1) is 40.8. The second kappa shape index (κ2) is 20.3. The van der Waals surface area contributed by atoms with Crippen molar-refractivity contribution in [3.8, 4) is 122 Å². The van der Waals surface area contributed by atoms with E-state index in [0.717, 1.165) is 12.1 Å². The van der Waals surface area contributed by atoms with Crippen LogP contribution in [0.2, 0.25) is 0 Å². The summed E-state index contributed by atoms with van der Waals surface area (Å²) in [5.74, 6) is 0. The van der Waals surface area contributed by atoms with Crippen LogP contribution in [-0.2, 0) is 6.18 Å². The van der Waals surface area contributed by atoms with E-state index in [-0.39, 0.29) is 55.8 Å². The Bertz CT molecular complexity index is 4930. The summed E-state index contributed by atoms with van der Waals surface area (Å²) < 4.78 is 49.7. The van der Waals surface area contributed by atoms with E-state index in [9.17, 15) is 47.4 Å². The van der Waals surface area contributed by atoms with Gasteiger partial charge in [-0.1, -0.05) is 30.3 Å². The van der Waals surface area contributed by atoms with Crippen molar-refractivity contribution in [2.45, 2.75) is 6.18 Å². The molecular formula is C70H30F3N11. The summed E-state index contributed by atoms with van der Waals surface area (Å²) in [5.41, 5.74) is 9.46. The summed E-state index contributed by atoms with van der Waals surface area (Å²) in [5, 5.41) is 92.6. The van der Waals surface area contributed by atoms with Crippen LogP contribution in [0.25, 0.3) is 111 Å². The van der Waals surface area contributed by atoms with Crippen molar-refractivity contribution in [3.05, 3.63) is 238 Å². The van der Waals surface area contributed by atoms with Crippen LogP contribution in [0.5, 0.6) is 0 Å². The molecule has 0 saturated carbocycles. The summed E-state index contributed by atoms with van der Waals surface area (Å²) >= 11 is 0. The number of hydrogen-bond donors (Lipinski definition) is 0. The minimum absolute atomic E-state index is 0.0832. The number of rotatable bonds is 7. The molecule has 10 aromatic carbocycles. The van der Waals surface area contributed by atoms with E-state index >= 15 is 13.2 Å². The second-order valence-electron chi connectivity index (χ2n) is 19.8. The molecule has 11 nitrogen and oxygen atoms in total. The Morgan fingerprint density at radius 2 is 0.548 bits per heavy atom. The summed E-state index contributed by atoms with van der Waals surface area (Å²) in [7, 11) is 0. The van der Waals surface area contributed by atoms with Crippen molar-refractivity contribution in [1.29, 1.82) is 47.4 Å². The lowest BCUT2D eigenvalue weighted by atomic mass is 9.96. The molecule has 0 aliphatic rings. The third-order valence-electron chi connectivity index (χ3n) is 14.9. The van der Waals surface area contributed by atoms with Gasteiger partial charge >= 0.3 is 6.18 Å². The molecule has 386 valence electrons. The molecule has 0 spiro atoms. The molecule has 12 aromatic rings. The van der Waals surface area contributed by atoms with Crippen molar-refractivity contribution in [2.24, 2.45) is 0 Å². The lowest BCUT2D eigenvalue weighted by molar-refractivity contribution is -0.137. The van der Waals surface area contributed by atoms with Crippen molar-refractivity contribution >= 4 is 43.6 Å². The monoisotopic (exact) mass is 1080 g/mol. The van der Waals surface area contributed by atoms with Gasteiger partial charge in [-0.25, -0.2) is 0 Å². The molecule has 0 fully saturated rings. The van der Waals surface area contributed by atoms with Crippen LogP contribution in [0.4, 0.5) is 13.2 Å². The van der Waals surface area contributed by atoms with E-state index in [1.54, 1.807) is 95.6 Å². The van der Waals surface area contributed by atoms with Crippen LogP contribution in [0.15, 0.2) is 182 Å². The fourth-order valence-corrected chi connectivity index (χ4v) is 11.1. The van der Waals surface area contributed by atoms with Gasteiger partial charge in [0.15, 0.2) is 0 Å². The highest BCUT2D eigenvalue weighted by molar-refractivity contribution is 6.14. The number of nitriles is 9. The molecule has 14 heteroatoms. The second-order valence-corrected chi connectivity index (χ2v) is 19.8. The third kappa shape index (κ3) is 8.93. The molecule has 0 saturated heterocycles. The van der Waals surface area contributed by atoms with Gasteiger partial charge in [-0.15, -0.1) is 0 Å². The average molecular weight is 1080 g/mol. The minimum Gasteiger partial charge on any atom is -0.309 e. The zero-order valence-corrected chi connectivity index (χ0v) is 43.4. The third-order valence-corrected chi connectivity index (χ3v) is 14.9. The number of alkyl halides is 3. The van der Waals surface area contributed by atoms with Gasteiger partial charge < -0.3 is 9.13 Å². The summed E-state index contributed by atoms with van der Waals surface area (Å²) in [6.07, 6.45) is -4.83. The van der Waals surface area contributed by atoms with E-state index in [2.05, 4.69) is 54.6 Å². The average Bonchev–Trinajstić information content (AvgIpc) is 2.34. The molecule has 2 heterocycles. The van der Waals surface area contributed by atoms with Crippen LogP contribution >= 0.6 is 0 Å². The van der Waals surface area contributed by atoms with Gasteiger partial charge in [-0.3, -0.25) is 0 Å². The zero-order valence-electron chi connectivity index (χ0n) is 43.4. The highest BCUT2D eigenvalue weighted by Crippen LogP contribution is 2.46. The number of hydrogen-bond acceptors (Lipinski definition) is 9. The fraction of sp³-hybridized carbons (Fsp3) is 0.0143. The Morgan fingerprint density at radius 1 is 0.250 bits per heavy atom. The summed E-state index contributed by atoms with van der Waals surface area (Å²) in [6, 6.07) is 68.8. The van der Waals surface area contributed by atoms with E-state index in [1.807, 2.05) is 53.1 Å². The standard InChI is InChI=1S/C70H30F3N11/c71-70(72,73)57-6-7-58(69(30-57)84-67-11-4-51(55-21-45(36-79)15-46(22-55)37-80)28-62(67)63-29-52(5-12-68(63)84)56-23-47(38-81)16-48(24-56)39-82)59-25-40(31-74)1-8-64(59)83-65-9-2-49(53-17-41(32-75)13-42(18-53)33-76)26-60(65)61-27-50(3-10-66(61)83)54-19-43(34-77)14-44(20-54)35-78/h1-30H. The van der Waals surface area contributed by atoms with Gasteiger partial charge in [-0.05, 0) is 196 Å². The van der Waals surface area contributed by atoms with E-state index in [4.69, 9.17) is 0 Å². The first kappa shape index (κ1) is 51.7. The van der Waals surface area contributed by atoms with E-state index < -0.39 is 11.7 Å². The molecule has 0 radical (unpaired) electrons. The Labute approximate surface area is 476 Å². The molecule has 0 unspecified atom stereocenters. The Kier molecular flexibility index (Phi) is 12.5. The number of halogens is 3. The van der Waals surface area contributed by atoms with Crippen molar-refractivity contribution in [2.75, 3.05) is 0 Å². The molecule has 2 aromatic heterocycles. The molecule has 0 aliphatic heterocycles. The SMILES string of the molecule is N#Cc1cc(C#N)cc(-c2ccc3c(c2)c2cc(-c4cc(C#N)cc(C#N)c4)ccc2n3-c2ccc(C#N)cc2-c2ccc(C(F)(F)F)cc2-n2c3ccc(-c4cc(C#N)cc(C#N)c4)cc3c3cc(-c4cc(C#N)cc(C#N)c4)ccc32)c1. The summed E-state index contributed by atoms with van der Waals surface area (Å²) in [6.45, 7) is 0. The maximum atomic E-state index is 15.3. The minimum atomic E-state index is -4.83. The zero-order chi connectivity index (χ0) is 58.6. The van der Waals surface area contributed by atoms with Gasteiger partial charge in [0, 0.05) is 32.7 Å². The predicted octanol–water partition coefficient (Wildman–Crippen LogP) is 16.1. The van der Waals surface area contributed by atoms with Crippen molar-refractivity contribution < 1.29 is 13.2 Å². The number of aromatic nitrogens is 2. The Hall–Kier alpha value is -13.0. The normalized spacial score (nSPS) is 10.9. The lowest BCUT2D eigenvalue weighted by Crippen LogP contribution is -2.08. The van der Waals surface area contributed by atoms with E-state index in [0.29, 0.717) is 105 Å². The molecule has 12 rings (SSSR count). The molecule has 0 aliphatic carbocycles. The Morgan fingerprint density at radius 3 is 0.833 bits per heavy atom. The van der Waals surface area contributed by atoms with E-state index in [1.165, 1.54) is 30.3 Å². The van der Waals surface area contributed by atoms with Gasteiger partial charge in [0.05, 0.1) is 144 Å². The smallest absolute Gasteiger partial charge is 0.309 e. The van der Waals surface area contributed by atoms with Crippen LogP contribution in [0.3, 0.4) is 0 Å². The molecule has 0 atom stereocenters. The first-order valence-corrected chi connectivity index (χ1v) is 25.5. The highest BCUT2D eigenvalue weighted by atomic mass is 19.4. The molecule has 84 heavy (non-hydrogen) atoms. The van der Waals surface area contributed by atoms with Gasteiger partial charge in [0.2, 0.25) is 0 Å². The summed E-state index contributed by atoms with van der Waals surface area (Å²) in [4.78, 5) is 0. The van der Waals surface area contributed by atoms with Crippen LogP contribution in [0, 0.1) is 102 Å². The maximum Gasteiger partial charge on any atom is 0.416 e. The molecule has 0 bridgehead atoms. The van der Waals surface area contributed by atoms with Gasteiger partial charge in [-0.2, -0.15) is 60.5 Å². The predicted molar refractivity (Wildman–Crippen MR) is 310 cm³/mol. The molecule has 0 amide bonds. The largest absolute Gasteiger partial charge is 0.416 e. The first-order valence-electron chi connectivity index (χ1n) is 25.5. The van der Waals surface area contributed by atoms with Crippen molar-refractivity contribution in [1.82, 2.24) is 9.13 Å². The lowest BCUT2D eigenvalue weighted by Gasteiger charge is -2.20. The number of nitrogens with zero attached hydrogens (tertiary/aromatic N) is 11. The molecule has 0 N–H and O–H groups in total. The fourth-order valence-electron chi connectivity index (χ4n) is 11.1. The quantitative estimate of drug-likeness (QED) is 0.148. The van der Waals surface area contributed by atoms with Gasteiger partial charge in [0.25, 0.3) is 0 Å². The Balaban J connectivity index is 1.16. The van der Waals surface area contributed by atoms with Crippen molar-refractivity contribution in [3.63, 3.8) is 0 Å². The maximum absolute atomic E-state index is 15.3. The van der Waals surface area contributed by atoms with Crippen LogP contribution in [-0.4, -0.2) is 9.13 Å². The van der Waals surface area contributed by atoms with Crippen LogP contribution < -0.4 is 0 Å². The topological polar surface area (TPSA) is 224 Å². The number of benzene rings is 10. The van der Waals surface area contributed by atoms with Crippen LogP contribution in [0.1, 0.15) is 55.6 Å². The highest BCUT2D eigenvalue weighted by Gasteiger charge is 2.33. The van der Waals surface area contributed by atoms with Gasteiger partial charge in [0.1, 0.15) is 0 Å². The number of fused-ring (bicyclic) bond motifs is 6.